The Hall–Kier alpha value is -2.39. The SMILES string of the molecule is O=C(CN(Cc1ccc(Cl)cc1)S(=O)(=O)c1ccc(Cl)cc1)NCCCn1ccnc1. The van der Waals surface area contributed by atoms with Crippen LogP contribution in [0.15, 0.2) is 72.1 Å². The van der Waals surface area contributed by atoms with Crippen molar-refractivity contribution in [3.63, 3.8) is 0 Å². The van der Waals surface area contributed by atoms with Crippen LogP contribution in [-0.2, 0) is 27.9 Å². The molecule has 0 radical (unpaired) electrons. The van der Waals surface area contributed by atoms with E-state index in [9.17, 15) is 13.2 Å². The van der Waals surface area contributed by atoms with Crippen LogP contribution in [0, 0.1) is 0 Å². The van der Waals surface area contributed by atoms with Crippen LogP contribution >= 0.6 is 23.2 Å². The first-order chi connectivity index (χ1) is 14.8. The van der Waals surface area contributed by atoms with Crippen molar-refractivity contribution >= 4 is 39.1 Å². The Kier molecular flexibility index (Phi) is 8.09. The van der Waals surface area contributed by atoms with Crippen LogP contribution in [0.2, 0.25) is 10.0 Å². The number of nitrogens with zero attached hydrogens (tertiary/aromatic N) is 3. The lowest BCUT2D eigenvalue weighted by Crippen LogP contribution is -2.40. The van der Waals surface area contributed by atoms with Crippen LogP contribution < -0.4 is 5.32 Å². The van der Waals surface area contributed by atoms with Gasteiger partial charge in [-0.25, -0.2) is 13.4 Å². The van der Waals surface area contributed by atoms with E-state index in [-0.39, 0.29) is 23.9 Å². The van der Waals surface area contributed by atoms with Crippen LogP contribution in [0.5, 0.6) is 0 Å². The largest absolute Gasteiger partial charge is 0.355 e. The second-order valence-corrected chi connectivity index (χ2v) is 9.67. The third-order valence-electron chi connectivity index (χ3n) is 4.52. The Morgan fingerprint density at radius 2 is 1.68 bits per heavy atom. The summed E-state index contributed by atoms with van der Waals surface area (Å²) in [6.45, 7) is 0.855. The molecule has 0 fully saturated rings. The van der Waals surface area contributed by atoms with Gasteiger partial charge in [0.1, 0.15) is 0 Å². The maximum absolute atomic E-state index is 13.2. The molecule has 2 aromatic carbocycles. The fourth-order valence-corrected chi connectivity index (χ4v) is 4.54. The van der Waals surface area contributed by atoms with Gasteiger partial charge in [0.25, 0.3) is 0 Å². The summed E-state index contributed by atoms with van der Waals surface area (Å²) in [5.74, 6) is -0.378. The van der Waals surface area contributed by atoms with Gasteiger partial charge < -0.3 is 9.88 Å². The van der Waals surface area contributed by atoms with E-state index in [0.717, 1.165) is 9.87 Å². The van der Waals surface area contributed by atoms with E-state index in [1.807, 2.05) is 10.8 Å². The molecule has 1 aromatic heterocycles. The third kappa shape index (κ3) is 6.80. The number of carbonyl (C=O) groups excluding carboxylic acids is 1. The first-order valence-electron chi connectivity index (χ1n) is 9.57. The van der Waals surface area contributed by atoms with Gasteiger partial charge in [-0.05, 0) is 48.4 Å². The van der Waals surface area contributed by atoms with Crippen LogP contribution in [0.3, 0.4) is 0 Å². The number of rotatable bonds is 10. The Bertz CT molecular complexity index is 1090. The zero-order valence-corrected chi connectivity index (χ0v) is 18.9. The first kappa shape index (κ1) is 23.3. The molecule has 1 N–H and O–H groups in total. The number of aryl methyl sites for hydroxylation is 1. The van der Waals surface area contributed by atoms with Crippen molar-refractivity contribution in [3.05, 3.63) is 82.9 Å². The summed E-state index contributed by atoms with van der Waals surface area (Å²) in [6, 6.07) is 12.7. The number of hydrogen-bond acceptors (Lipinski definition) is 4. The van der Waals surface area contributed by atoms with Crippen molar-refractivity contribution < 1.29 is 13.2 Å². The Balaban J connectivity index is 1.69. The highest BCUT2D eigenvalue weighted by atomic mass is 35.5. The van der Waals surface area contributed by atoms with Gasteiger partial charge in [-0.1, -0.05) is 35.3 Å². The predicted molar refractivity (Wildman–Crippen MR) is 120 cm³/mol. The summed E-state index contributed by atoms with van der Waals surface area (Å²) in [5, 5.41) is 3.76. The summed E-state index contributed by atoms with van der Waals surface area (Å²) in [6.07, 6.45) is 5.93. The number of nitrogens with one attached hydrogen (secondary N) is 1. The van der Waals surface area contributed by atoms with E-state index in [1.165, 1.54) is 24.3 Å². The number of sulfonamides is 1. The summed E-state index contributed by atoms with van der Waals surface area (Å²) in [7, 11) is -3.92. The van der Waals surface area contributed by atoms with Crippen molar-refractivity contribution in [2.75, 3.05) is 13.1 Å². The van der Waals surface area contributed by atoms with Gasteiger partial charge >= 0.3 is 0 Å². The summed E-state index contributed by atoms with van der Waals surface area (Å²) >= 11 is 11.8. The molecular weight excluding hydrogens is 459 g/mol. The normalized spacial score (nSPS) is 11.6. The minimum atomic E-state index is -3.92. The van der Waals surface area contributed by atoms with Crippen molar-refractivity contribution in [2.45, 2.75) is 24.4 Å². The maximum Gasteiger partial charge on any atom is 0.243 e. The molecule has 0 bridgehead atoms. The fraction of sp³-hybridized carbons (Fsp3) is 0.238. The number of amides is 1. The monoisotopic (exact) mass is 480 g/mol. The van der Waals surface area contributed by atoms with Crippen LogP contribution in [-0.4, -0.2) is 41.3 Å². The summed E-state index contributed by atoms with van der Waals surface area (Å²) in [5.41, 5.74) is 0.717. The van der Waals surface area contributed by atoms with E-state index in [4.69, 9.17) is 23.2 Å². The average Bonchev–Trinajstić information content (AvgIpc) is 3.26. The van der Waals surface area contributed by atoms with Gasteiger partial charge in [0, 0.05) is 42.1 Å². The highest BCUT2D eigenvalue weighted by Crippen LogP contribution is 2.21. The van der Waals surface area contributed by atoms with Gasteiger partial charge in [0.05, 0.1) is 17.8 Å². The number of carbonyl (C=O) groups is 1. The molecule has 3 aromatic rings. The van der Waals surface area contributed by atoms with Gasteiger partial charge in [-0.15, -0.1) is 0 Å². The molecule has 0 aliphatic heterocycles. The molecule has 1 heterocycles. The zero-order chi connectivity index (χ0) is 22.3. The molecule has 10 heteroatoms. The highest BCUT2D eigenvalue weighted by molar-refractivity contribution is 7.89. The molecule has 164 valence electrons. The number of halogens is 2. The standard InChI is InChI=1S/C21H22Cl2N4O3S/c22-18-4-2-17(3-5-18)14-27(31(29,30)20-8-6-19(23)7-9-20)15-21(28)25-10-1-12-26-13-11-24-16-26/h2-9,11,13,16H,1,10,12,14-15H2,(H,25,28). The third-order valence-corrected chi connectivity index (χ3v) is 6.83. The molecule has 31 heavy (non-hydrogen) atoms. The predicted octanol–water partition coefficient (Wildman–Crippen LogP) is 3.59. The fourth-order valence-electron chi connectivity index (χ4n) is 2.90. The number of hydrogen-bond donors (Lipinski definition) is 1. The van der Waals surface area contributed by atoms with Crippen LogP contribution in [0.25, 0.3) is 0 Å². The van der Waals surface area contributed by atoms with Crippen LogP contribution in [0.1, 0.15) is 12.0 Å². The molecule has 0 atom stereocenters. The van der Waals surface area contributed by atoms with E-state index < -0.39 is 10.0 Å². The lowest BCUT2D eigenvalue weighted by Gasteiger charge is -2.22. The summed E-state index contributed by atoms with van der Waals surface area (Å²) in [4.78, 5) is 16.5. The second-order valence-electron chi connectivity index (χ2n) is 6.86. The van der Waals surface area contributed by atoms with Crippen LogP contribution in [0.4, 0.5) is 0 Å². The molecule has 7 nitrogen and oxygen atoms in total. The molecular formula is C21H22Cl2N4O3S. The Morgan fingerprint density at radius 3 is 2.29 bits per heavy atom. The lowest BCUT2D eigenvalue weighted by molar-refractivity contribution is -0.121. The van der Waals surface area contributed by atoms with Crippen molar-refractivity contribution in [1.29, 1.82) is 0 Å². The second kappa shape index (κ2) is 10.8. The van der Waals surface area contributed by atoms with E-state index >= 15 is 0 Å². The van der Waals surface area contributed by atoms with E-state index in [2.05, 4.69) is 10.3 Å². The number of aromatic nitrogens is 2. The number of benzene rings is 2. The molecule has 1 amide bonds. The Labute approximate surface area is 191 Å². The first-order valence-corrected chi connectivity index (χ1v) is 11.8. The minimum absolute atomic E-state index is 0.0323. The maximum atomic E-state index is 13.2. The smallest absolute Gasteiger partial charge is 0.243 e. The van der Waals surface area contributed by atoms with Gasteiger partial charge in [-0.3, -0.25) is 4.79 Å². The molecule has 0 saturated heterocycles. The topological polar surface area (TPSA) is 84.3 Å². The van der Waals surface area contributed by atoms with Crippen molar-refractivity contribution in [1.82, 2.24) is 19.2 Å². The van der Waals surface area contributed by atoms with Crippen molar-refractivity contribution in [3.8, 4) is 0 Å². The summed E-state index contributed by atoms with van der Waals surface area (Å²) < 4.78 is 29.5. The highest BCUT2D eigenvalue weighted by Gasteiger charge is 2.27. The van der Waals surface area contributed by atoms with Gasteiger partial charge in [0.15, 0.2) is 0 Å². The molecule has 0 unspecified atom stereocenters. The molecule has 0 saturated carbocycles. The minimum Gasteiger partial charge on any atom is -0.355 e. The lowest BCUT2D eigenvalue weighted by atomic mass is 10.2. The van der Waals surface area contributed by atoms with Crippen molar-refractivity contribution in [2.24, 2.45) is 0 Å². The zero-order valence-electron chi connectivity index (χ0n) is 16.6. The molecule has 0 aliphatic carbocycles. The van der Waals surface area contributed by atoms with Gasteiger partial charge in [0.2, 0.25) is 15.9 Å². The molecule has 3 rings (SSSR count). The molecule has 0 aliphatic rings. The van der Waals surface area contributed by atoms with E-state index in [0.29, 0.717) is 29.6 Å². The average molecular weight is 481 g/mol. The number of imidazole rings is 1. The van der Waals surface area contributed by atoms with Gasteiger partial charge in [-0.2, -0.15) is 4.31 Å². The Morgan fingerprint density at radius 1 is 1.03 bits per heavy atom. The quantitative estimate of drug-likeness (QED) is 0.449. The van der Waals surface area contributed by atoms with E-state index in [1.54, 1.807) is 36.8 Å². The molecule has 0 spiro atoms.